The molecule has 3 atom stereocenters. The Hall–Kier alpha value is -2.15. The van der Waals surface area contributed by atoms with Gasteiger partial charge in [-0.3, -0.25) is 9.69 Å². The maximum atomic E-state index is 12.2. The Morgan fingerprint density at radius 3 is 2.54 bits per heavy atom. The molecule has 6 nitrogen and oxygen atoms in total. The van der Waals surface area contributed by atoms with Crippen molar-refractivity contribution in [1.82, 2.24) is 10.2 Å². The van der Waals surface area contributed by atoms with Crippen LogP contribution in [0.3, 0.4) is 0 Å². The van der Waals surface area contributed by atoms with E-state index in [1.807, 2.05) is 24.3 Å². The summed E-state index contributed by atoms with van der Waals surface area (Å²) < 4.78 is 10.9. The van der Waals surface area contributed by atoms with E-state index < -0.39 is 6.10 Å². The highest BCUT2D eigenvalue weighted by molar-refractivity contribution is 5.94. The van der Waals surface area contributed by atoms with Crippen LogP contribution in [0.1, 0.15) is 41.6 Å². The largest absolute Gasteiger partial charge is 0.467 e. The van der Waals surface area contributed by atoms with Gasteiger partial charge >= 0.3 is 0 Å². The number of ether oxygens (including phenoxy) is 1. The molecule has 2 aromatic rings. The minimum absolute atomic E-state index is 0.109. The molecule has 2 heterocycles. The van der Waals surface area contributed by atoms with Crippen LogP contribution in [0.4, 0.5) is 0 Å². The van der Waals surface area contributed by atoms with Crippen molar-refractivity contribution in [2.75, 3.05) is 19.6 Å². The number of furan rings is 1. The van der Waals surface area contributed by atoms with Crippen molar-refractivity contribution in [3.63, 3.8) is 0 Å². The minimum atomic E-state index is -0.849. The van der Waals surface area contributed by atoms with E-state index in [9.17, 15) is 9.90 Å². The molecule has 3 rings (SSSR count). The van der Waals surface area contributed by atoms with Crippen LogP contribution < -0.4 is 5.32 Å². The van der Waals surface area contributed by atoms with Crippen molar-refractivity contribution in [1.29, 1.82) is 0 Å². The van der Waals surface area contributed by atoms with Gasteiger partial charge in [-0.15, -0.1) is 0 Å². The van der Waals surface area contributed by atoms with Crippen molar-refractivity contribution < 1.29 is 19.1 Å². The van der Waals surface area contributed by atoms with Crippen LogP contribution in [0.15, 0.2) is 47.1 Å². The summed E-state index contributed by atoms with van der Waals surface area (Å²) in [5.74, 6) is 0.227. The number of benzene rings is 1. The molecule has 6 heteroatoms. The number of hydrogen-bond donors (Lipinski definition) is 2. The topological polar surface area (TPSA) is 74.9 Å². The van der Waals surface area contributed by atoms with Gasteiger partial charge in [0.15, 0.2) is 0 Å². The van der Waals surface area contributed by atoms with Gasteiger partial charge in [0, 0.05) is 25.2 Å². The fourth-order valence-electron chi connectivity index (χ4n) is 3.31. The van der Waals surface area contributed by atoms with E-state index in [1.54, 1.807) is 12.1 Å². The smallest absolute Gasteiger partial charge is 0.251 e. The Bertz CT molecular complexity index is 689. The average molecular weight is 358 g/mol. The molecule has 1 fully saturated rings. The summed E-state index contributed by atoms with van der Waals surface area (Å²) in [4.78, 5) is 14.6. The molecule has 26 heavy (non-hydrogen) atoms. The lowest BCUT2D eigenvalue weighted by atomic mass is 10.1. The molecular formula is C20H26N2O4. The predicted octanol–water partition coefficient (Wildman–Crippen LogP) is 2.35. The molecule has 0 spiro atoms. The van der Waals surface area contributed by atoms with Gasteiger partial charge in [0.1, 0.15) is 11.9 Å². The van der Waals surface area contributed by atoms with Gasteiger partial charge in [-0.1, -0.05) is 12.1 Å². The van der Waals surface area contributed by atoms with Gasteiger partial charge in [0.2, 0.25) is 0 Å². The fourth-order valence-corrected chi connectivity index (χ4v) is 3.31. The summed E-state index contributed by atoms with van der Waals surface area (Å²) in [7, 11) is 0. The number of nitrogens with zero attached hydrogens (tertiary/aromatic N) is 1. The Kier molecular flexibility index (Phi) is 6.08. The quantitative estimate of drug-likeness (QED) is 0.829. The first kappa shape index (κ1) is 18.6. The van der Waals surface area contributed by atoms with E-state index in [-0.39, 0.29) is 24.7 Å². The molecule has 0 bridgehead atoms. The third kappa shape index (κ3) is 4.94. The zero-order chi connectivity index (χ0) is 18.5. The van der Waals surface area contributed by atoms with Crippen molar-refractivity contribution in [3.8, 4) is 0 Å². The van der Waals surface area contributed by atoms with E-state index >= 15 is 0 Å². The normalized spacial score (nSPS) is 22.1. The molecule has 1 saturated heterocycles. The van der Waals surface area contributed by atoms with Gasteiger partial charge in [-0.25, -0.2) is 0 Å². The Morgan fingerprint density at radius 1 is 1.23 bits per heavy atom. The number of aliphatic hydroxyl groups excluding tert-OH is 1. The second-order valence-electron chi connectivity index (χ2n) is 6.89. The van der Waals surface area contributed by atoms with Crippen LogP contribution in [-0.4, -0.2) is 47.8 Å². The van der Waals surface area contributed by atoms with Crippen molar-refractivity contribution >= 4 is 5.91 Å². The van der Waals surface area contributed by atoms with E-state index in [0.717, 1.165) is 19.6 Å². The Balaban J connectivity index is 1.51. The molecule has 140 valence electrons. The molecule has 3 unspecified atom stereocenters. The van der Waals surface area contributed by atoms with E-state index in [0.29, 0.717) is 11.3 Å². The first-order valence-corrected chi connectivity index (χ1v) is 8.97. The number of morpholine rings is 1. The molecule has 0 saturated carbocycles. The lowest BCUT2D eigenvalue weighted by molar-refractivity contribution is -0.0704. The highest BCUT2D eigenvalue weighted by Gasteiger charge is 2.22. The van der Waals surface area contributed by atoms with E-state index in [4.69, 9.17) is 9.15 Å². The van der Waals surface area contributed by atoms with Crippen molar-refractivity contribution in [2.24, 2.45) is 0 Å². The first-order valence-electron chi connectivity index (χ1n) is 8.97. The lowest BCUT2D eigenvalue weighted by Crippen LogP contribution is -2.44. The third-order valence-electron chi connectivity index (χ3n) is 4.45. The maximum absolute atomic E-state index is 12.2. The van der Waals surface area contributed by atoms with Crippen molar-refractivity contribution in [3.05, 3.63) is 59.5 Å². The molecule has 0 radical (unpaired) electrons. The molecular weight excluding hydrogens is 332 g/mol. The summed E-state index contributed by atoms with van der Waals surface area (Å²) in [6, 6.07) is 11.0. The van der Waals surface area contributed by atoms with Gasteiger partial charge in [0.25, 0.3) is 5.91 Å². The zero-order valence-corrected chi connectivity index (χ0v) is 15.2. The summed E-state index contributed by atoms with van der Waals surface area (Å²) in [5, 5.41) is 12.7. The van der Waals surface area contributed by atoms with Crippen LogP contribution >= 0.6 is 0 Å². The number of aliphatic hydroxyl groups is 1. The first-order chi connectivity index (χ1) is 12.5. The average Bonchev–Trinajstić information content (AvgIpc) is 3.14. The number of amides is 1. The summed E-state index contributed by atoms with van der Waals surface area (Å²) >= 11 is 0. The SMILES string of the molecule is CC1CN(Cc2ccc(C(=O)NCC(O)c3ccco3)cc2)CC(C)O1. The number of nitrogens with one attached hydrogen (secondary N) is 1. The van der Waals surface area contributed by atoms with Crippen molar-refractivity contribution in [2.45, 2.75) is 38.7 Å². The van der Waals surface area contributed by atoms with Crippen LogP contribution in [0, 0.1) is 0 Å². The molecule has 1 aliphatic rings. The second-order valence-corrected chi connectivity index (χ2v) is 6.89. The molecule has 0 aliphatic carbocycles. The lowest BCUT2D eigenvalue weighted by Gasteiger charge is -2.35. The monoisotopic (exact) mass is 358 g/mol. The highest BCUT2D eigenvalue weighted by atomic mass is 16.5. The minimum Gasteiger partial charge on any atom is -0.467 e. The van der Waals surface area contributed by atoms with Gasteiger partial charge in [0.05, 0.1) is 25.0 Å². The molecule has 1 amide bonds. The highest BCUT2D eigenvalue weighted by Crippen LogP contribution is 2.15. The molecule has 1 aliphatic heterocycles. The third-order valence-corrected chi connectivity index (χ3v) is 4.45. The zero-order valence-electron chi connectivity index (χ0n) is 15.2. The molecule has 1 aromatic heterocycles. The molecule has 2 N–H and O–H groups in total. The van der Waals surface area contributed by atoms with Gasteiger partial charge in [-0.2, -0.15) is 0 Å². The summed E-state index contributed by atoms with van der Waals surface area (Å²) in [6.07, 6.45) is 1.13. The van der Waals surface area contributed by atoms with Crippen LogP contribution in [0.25, 0.3) is 0 Å². The standard InChI is InChI=1S/C20H26N2O4/c1-14-11-22(12-15(2)26-14)13-16-5-7-17(8-6-16)20(24)21-10-18(23)19-4-3-9-25-19/h3-9,14-15,18,23H,10-13H2,1-2H3,(H,21,24). The van der Waals surface area contributed by atoms with Crippen LogP contribution in [-0.2, 0) is 11.3 Å². The Labute approximate surface area is 153 Å². The number of carbonyl (C=O) groups excluding carboxylic acids is 1. The fraction of sp³-hybridized carbons (Fsp3) is 0.450. The molecule has 1 aromatic carbocycles. The predicted molar refractivity (Wildman–Crippen MR) is 97.7 cm³/mol. The summed E-state index contributed by atoms with van der Waals surface area (Å²) in [5.41, 5.74) is 1.74. The number of hydrogen-bond acceptors (Lipinski definition) is 5. The van der Waals surface area contributed by atoms with Crippen LogP contribution in [0.5, 0.6) is 0 Å². The van der Waals surface area contributed by atoms with E-state index in [1.165, 1.54) is 11.8 Å². The second kappa shape index (κ2) is 8.49. The van der Waals surface area contributed by atoms with E-state index in [2.05, 4.69) is 24.1 Å². The Morgan fingerprint density at radius 2 is 1.92 bits per heavy atom. The van der Waals surface area contributed by atoms with Crippen LogP contribution in [0.2, 0.25) is 0 Å². The van der Waals surface area contributed by atoms with Gasteiger partial charge < -0.3 is 19.6 Å². The maximum Gasteiger partial charge on any atom is 0.251 e. The number of rotatable bonds is 6. The summed E-state index contributed by atoms with van der Waals surface area (Å²) in [6.45, 7) is 6.96. The van der Waals surface area contributed by atoms with Gasteiger partial charge in [-0.05, 0) is 43.7 Å². The number of carbonyl (C=O) groups is 1.